The van der Waals surface area contributed by atoms with Crippen molar-refractivity contribution >= 4 is 29.1 Å². The van der Waals surface area contributed by atoms with Crippen LogP contribution < -0.4 is 15.4 Å². The zero-order valence-corrected chi connectivity index (χ0v) is 18.6. The first kappa shape index (κ1) is 22.4. The number of rotatable bonds is 8. The van der Waals surface area contributed by atoms with E-state index in [4.69, 9.17) is 20.8 Å². The molecule has 0 spiro atoms. The summed E-state index contributed by atoms with van der Waals surface area (Å²) in [6.45, 7) is 8.16. The van der Waals surface area contributed by atoms with Crippen molar-refractivity contribution in [2.75, 3.05) is 5.32 Å². The van der Waals surface area contributed by atoms with Crippen LogP contribution in [0.3, 0.4) is 0 Å². The van der Waals surface area contributed by atoms with Crippen LogP contribution in [0, 0.1) is 6.92 Å². The van der Waals surface area contributed by atoms with E-state index in [1.54, 1.807) is 29.1 Å². The van der Waals surface area contributed by atoms with Gasteiger partial charge in [0.05, 0.1) is 10.7 Å². The van der Waals surface area contributed by atoms with Crippen molar-refractivity contribution in [3.8, 4) is 5.75 Å². The molecule has 164 valence electrons. The Bertz CT molecular complexity index is 1070. The van der Waals surface area contributed by atoms with Gasteiger partial charge in [-0.25, -0.2) is 0 Å². The first-order valence-electron chi connectivity index (χ1n) is 9.94. The number of amides is 2. The fourth-order valence-corrected chi connectivity index (χ4v) is 3.15. The van der Waals surface area contributed by atoms with Crippen molar-refractivity contribution in [3.63, 3.8) is 0 Å². The van der Waals surface area contributed by atoms with Crippen LogP contribution in [0.4, 0.5) is 5.69 Å². The maximum absolute atomic E-state index is 12.7. The molecule has 0 saturated carbocycles. The quantitative estimate of drug-likeness (QED) is 0.535. The van der Waals surface area contributed by atoms with Gasteiger partial charge < -0.3 is 19.8 Å². The molecule has 0 radical (unpaired) electrons. The molecule has 2 amide bonds. The lowest BCUT2D eigenvalue weighted by Crippen LogP contribution is -2.31. The Hall–Kier alpha value is -3.26. The third-order valence-corrected chi connectivity index (χ3v) is 4.67. The summed E-state index contributed by atoms with van der Waals surface area (Å²) in [5.74, 6) is 0.273. The van der Waals surface area contributed by atoms with Crippen LogP contribution in [-0.4, -0.2) is 27.6 Å². The molecule has 0 aliphatic rings. The lowest BCUT2D eigenvalue weighted by molar-refractivity contribution is 0.0938. The minimum atomic E-state index is -0.491. The van der Waals surface area contributed by atoms with E-state index in [1.807, 2.05) is 39.8 Å². The molecule has 8 nitrogen and oxygen atoms in total. The van der Waals surface area contributed by atoms with Crippen LogP contribution in [0.5, 0.6) is 5.75 Å². The number of nitrogens with one attached hydrogen (secondary N) is 2. The second-order valence-electron chi connectivity index (χ2n) is 7.27. The fraction of sp³-hybridized carbons (Fsp3) is 0.318. The summed E-state index contributed by atoms with van der Waals surface area (Å²) < 4.78 is 12.9. The summed E-state index contributed by atoms with van der Waals surface area (Å²) >= 11 is 6.17. The number of carbonyl (C=O) groups is 2. The largest absolute Gasteiger partial charge is 0.484 e. The summed E-state index contributed by atoms with van der Waals surface area (Å²) in [4.78, 5) is 25.1. The lowest BCUT2D eigenvalue weighted by atomic mass is 10.2. The average molecular weight is 445 g/mol. The van der Waals surface area contributed by atoms with Crippen LogP contribution in [0.25, 0.3) is 0 Å². The van der Waals surface area contributed by atoms with Crippen LogP contribution in [-0.2, 0) is 13.2 Å². The summed E-state index contributed by atoms with van der Waals surface area (Å²) in [6, 6.07) is 8.63. The highest BCUT2D eigenvalue weighted by atomic mass is 35.5. The summed E-state index contributed by atoms with van der Waals surface area (Å²) in [7, 11) is 0. The predicted molar refractivity (Wildman–Crippen MR) is 118 cm³/mol. The van der Waals surface area contributed by atoms with Crippen molar-refractivity contribution in [1.29, 1.82) is 0 Å². The first-order valence-corrected chi connectivity index (χ1v) is 10.3. The van der Waals surface area contributed by atoms with Gasteiger partial charge in [0.2, 0.25) is 0 Å². The van der Waals surface area contributed by atoms with Gasteiger partial charge in [0.1, 0.15) is 18.1 Å². The molecular weight excluding hydrogens is 420 g/mol. The van der Waals surface area contributed by atoms with Gasteiger partial charge in [0, 0.05) is 18.8 Å². The SMILES string of the molecule is CCn1cc(NC(=O)c2ccc(COc3c(C)cccc3Cl)o2)c(C(=O)NC(C)C)n1. The second-order valence-corrected chi connectivity index (χ2v) is 7.68. The molecule has 0 atom stereocenters. The molecule has 0 unspecified atom stereocenters. The Balaban J connectivity index is 1.70. The molecule has 9 heteroatoms. The number of anilines is 1. The van der Waals surface area contributed by atoms with E-state index in [0.29, 0.717) is 28.8 Å². The monoisotopic (exact) mass is 444 g/mol. The van der Waals surface area contributed by atoms with E-state index < -0.39 is 5.91 Å². The van der Waals surface area contributed by atoms with E-state index in [0.717, 1.165) is 5.56 Å². The van der Waals surface area contributed by atoms with Gasteiger partial charge in [-0.2, -0.15) is 5.10 Å². The highest BCUT2D eigenvalue weighted by Crippen LogP contribution is 2.29. The number of aryl methyl sites for hydroxylation is 2. The minimum Gasteiger partial charge on any atom is -0.484 e. The zero-order valence-electron chi connectivity index (χ0n) is 17.9. The zero-order chi connectivity index (χ0) is 22.5. The minimum absolute atomic E-state index is 0.0581. The molecule has 0 saturated heterocycles. The third-order valence-electron chi connectivity index (χ3n) is 4.38. The van der Waals surface area contributed by atoms with Crippen LogP contribution in [0.1, 0.15) is 53.1 Å². The molecule has 1 aromatic carbocycles. The Morgan fingerprint density at radius 1 is 1.23 bits per heavy atom. The number of halogens is 1. The highest BCUT2D eigenvalue weighted by molar-refractivity contribution is 6.32. The van der Waals surface area contributed by atoms with Gasteiger partial charge in [-0.1, -0.05) is 23.7 Å². The maximum atomic E-state index is 12.7. The molecule has 0 aliphatic heterocycles. The summed E-state index contributed by atoms with van der Waals surface area (Å²) in [5, 5.41) is 10.2. The van der Waals surface area contributed by atoms with Gasteiger partial charge >= 0.3 is 0 Å². The summed E-state index contributed by atoms with van der Waals surface area (Å²) in [6.07, 6.45) is 1.61. The molecule has 2 N–H and O–H groups in total. The Kier molecular flexibility index (Phi) is 7.02. The van der Waals surface area contributed by atoms with Crippen LogP contribution >= 0.6 is 11.6 Å². The molecule has 2 aromatic heterocycles. The maximum Gasteiger partial charge on any atom is 0.291 e. The number of nitrogens with zero attached hydrogens (tertiary/aromatic N) is 2. The van der Waals surface area contributed by atoms with E-state index in [1.165, 1.54) is 0 Å². The highest BCUT2D eigenvalue weighted by Gasteiger charge is 2.21. The first-order chi connectivity index (χ1) is 14.8. The van der Waals surface area contributed by atoms with E-state index >= 15 is 0 Å². The van der Waals surface area contributed by atoms with Gasteiger partial charge in [-0.3, -0.25) is 14.3 Å². The fourth-order valence-electron chi connectivity index (χ4n) is 2.88. The van der Waals surface area contributed by atoms with E-state index in [2.05, 4.69) is 15.7 Å². The molecule has 3 aromatic rings. The van der Waals surface area contributed by atoms with E-state index in [9.17, 15) is 9.59 Å². The van der Waals surface area contributed by atoms with E-state index in [-0.39, 0.29) is 30.0 Å². The molecule has 0 fully saturated rings. The molecule has 2 heterocycles. The van der Waals surface area contributed by atoms with Crippen molar-refractivity contribution in [1.82, 2.24) is 15.1 Å². The number of carbonyl (C=O) groups excluding carboxylic acids is 2. The van der Waals surface area contributed by atoms with Crippen molar-refractivity contribution in [2.24, 2.45) is 0 Å². The van der Waals surface area contributed by atoms with Crippen LogP contribution in [0.2, 0.25) is 5.02 Å². The predicted octanol–water partition coefficient (Wildman–Crippen LogP) is 4.43. The van der Waals surface area contributed by atoms with Crippen LogP contribution in [0.15, 0.2) is 40.9 Å². The average Bonchev–Trinajstić information content (AvgIpc) is 3.34. The number of para-hydroxylation sites is 1. The molecule has 3 rings (SSSR count). The Labute approximate surface area is 185 Å². The molecule has 0 bridgehead atoms. The number of aromatic nitrogens is 2. The molecule has 31 heavy (non-hydrogen) atoms. The number of benzene rings is 1. The van der Waals surface area contributed by atoms with Crippen molar-refractivity contribution in [3.05, 3.63) is 64.3 Å². The van der Waals surface area contributed by atoms with Gasteiger partial charge in [-0.15, -0.1) is 0 Å². The van der Waals surface area contributed by atoms with Gasteiger partial charge in [0.15, 0.2) is 11.5 Å². The number of ether oxygens (including phenoxy) is 1. The standard InChI is InChI=1S/C22H25ClN4O4/c1-5-27-11-17(19(26-27)22(29)24-13(2)3)25-21(28)18-10-9-15(31-18)12-30-20-14(4)7-6-8-16(20)23/h6-11,13H,5,12H2,1-4H3,(H,24,29)(H,25,28). The molecule has 0 aliphatic carbocycles. The van der Waals surface area contributed by atoms with Crippen molar-refractivity contribution in [2.45, 2.75) is 46.9 Å². The Morgan fingerprint density at radius 3 is 2.68 bits per heavy atom. The number of furan rings is 1. The Morgan fingerprint density at radius 2 is 2.00 bits per heavy atom. The summed E-state index contributed by atoms with van der Waals surface area (Å²) in [5.41, 5.74) is 1.36. The second kappa shape index (κ2) is 9.70. The normalized spacial score (nSPS) is 10.9. The van der Waals surface area contributed by atoms with Gasteiger partial charge in [0.25, 0.3) is 11.8 Å². The smallest absolute Gasteiger partial charge is 0.291 e. The molecular formula is C22H25ClN4O4. The number of hydrogen-bond acceptors (Lipinski definition) is 5. The lowest BCUT2D eigenvalue weighted by Gasteiger charge is -2.09. The van der Waals surface area contributed by atoms with Crippen molar-refractivity contribution < 1.29 is 18.7 Å². The number of hydrogen-bond donors (Lipinski definition) is 2. The van der Waals surface area contributed by atoms with Gasteiger partial charge in [-0.05, 0) is 51.5 Å². The third kappa shape index (κ3) is 5.46. The topological polar surface area (TPSA) is 98.4 Å².